The average molecular weight is 484 g/mol. The predicted octanol–water partition coefficient (Wildman–Crippen LogP) is 3.26. The molecule has 4 N–H and O–H groups in total. The van der Waals surface area contributed by atoms with Crippen molar-refractivity contribution in [1.82, 2.24) is 9.55 Å². The van der Waals surface area contributed by atoms with Crippen LogP contribution < -0.4 is 16.0 Å². The summed E-state index contributed by atoms with van der Waals surface area (Å²) in [4.78, 5) is 17.8. The largest absolute Gasteiger partial charge is 0.384 e. The van der Waals surface area contributed by atoms with Crippen molar-refractivity contribution in [3.05, 3.63) is 100 Å². The molecule has 0 aliphatic carbocycles. The number of fused-ring (bicyclic) bond motifs is 1. The first-order valence-electron chi connectivity index (χ1n) is 9.77. The van der Waals surface area contributed by atoms with E-state index in [2.05, 4.69) is 9.71 Å². The topological polar surface area (TPSA) is 131 Å². The summed E-state index contributed by atoms with van der Waals surface area (Å²) in [5.74, 6) is 0.513. The van der Waals surface area contributed by atoms with Crippen LogP contribution in [0.4, 0.5) is 5.69 Å². The van der Waals surface area contributed by atoms with E-state index in [4.69, 9.17) is 11.1 Å². The van der Waals surface area contributed by atoms with Crippen molar-refractivity contribution in [3.63, 3.8) is 0 Å². The van der Waals surface area contributed by atoms with Crippen molar-refractivity contribution in [3.8, 4) is 0 Å². The van der Waals surface area contributed by atoms with Crippen molar-refractivity contribution < 1.29 is 8.42 Å². The van der Waals surface area contributed by atoms with E-state index in [1.54, 1.807) is 61.5 Å². The molecule has 0 unspecified atom stereocenters. The number of nitrogens with one attached hydrogen (secondary N) is 2. The van der Waals surface area contributed by atoms with E-state index < -0.39 is 10.0 Å². The van der Waals surface area contributed by atoms with Crippen molar-refractivity contribution in [2.45, 2.75) is 18.4 Å². The lowest BCUT2D eigenvalue weighted by Crippen LogP contribution is -2.24. The van der Waals surface area contributed by atoms with Crippen molar-refractivity contribution in [2.75, 3.05) is 4.72 Å². The molecular formula is C23H22ClN5O3S. The van der Waals surface area contributed by atoms with E-state index in [9.17, 15) is 13.2 Å². The molecule has 170 valence electrons. The number of nitrogens with two attached hydrogens (primary N) is 1. The van der Waals surface area contributed by atoms with Crippen LogP contribution in [0.1, 0.15) is 17.0 Å². The van der Waals surface area contributed by atoms with Crippen LogP contribution in [0.25, 0.3) is 10.9 Å². The molecule has 10 heteroatoms. The number of nitrogens with zero attached hydrogens (tertiary/aromatic N) is 2. The SMILES string of the molecule is Cc1nc2ccc(NS(=O)(=O)c3ccccc3)cc2c(=O)n1Cc1ccc(C(=N)N)cc1.Cl. The summed E-state index contributed by atoms with van der Waals surface area (Å²) >= 11 is 0. The van der Waals surface area contributed by atoms with E-state index >= 15 is 0 Å². The van der Waals surface area contributed by atoms with Crippen LogP contribution in [0.15, 0.2) is 82.5 Å². The molecule has 0 fully saturated rings. The number of hydrogen-bond acceptors (Lipinski definition) is 5. The highest BCUT2D eigenvalue weighted by atomic mass is 35.5. The van der Waals surface area contributed by atoms with E-state index in [1.807, 2.05) is 0 Å². The van der Waals surface area contributed by atoms with Crippen molar-refractivity contribution in [2.24, 2.45) is 5.73 Å². The van der Waals surface area contributed by atoms with Crippen molar-refractivity contribution >= 4 is 44.9 Å². The first kappa shape index (κ1) is 24.0. The Balaban J connectivity index is 0.00000306. The first-order valence-corrected chi connectivity index (χ1v) is 11.3. The maximum absolute atomic E-state index is 13.2. The zero-order chi connectivity index (χ0) is 22.9. The van der Waals surface area contributed by atoms with Gasteiger partial charge >= 0.3 is 0 Å². The fraction of sp³-hybridized carbons (Fsp3) is 0.0870. The average Bonchev–Trinajstić information content (AvgIpc) is 2.78. The Morgan fingerprint density at radius 3 is 2.36 bits per heavy atom. The number of benzene rings is 3. The van der Waals surface area contributed by atoms with Crippen LogP contribution in [0.5, 0.6) is 0 Å². The molecule has 0 radical (unpaired) electrons. The van der Waals surface area contributed by atoms with Gasteiger partial charge in [0.05, 0.1) is 22.3 Å². The van der Waals surface area contributed by atoms with Crippen LogP contribution in [-0.4, -0.2) is 23.8 Å². The molecule has 0 aliphatic rings. The van der Waals surface area contributed by atoms with Gasteiger partial charge in [-0.15, -0.1) is 12.4 Å². The summed E-state index contributed by atoms with van der Waals surface area (Å²) in [6.45, 7) is 2.03. The number of hydrogen-bond donors (Lipinski definition) is 3. The van der Waals surface area contributed by atoms with Gasteiger partial charge in [-0.3, -0.25) is 19.5 Å². The Kier molecular flexibility index (Phi) is 6.85. The van der Waals surface area contributed by atoms with E-state index in [0.29, 0.717) is 22.3 Å². The van der Waals surface area contributed by atoms with E-state index in [-0.39, 0.29) is 40.9 Å². The summed E-state index contributed by atoms with van der Waals surface area (Å²) in [5.41, 5.74) is 7.43. The molecule has 0 saturated carbocycles. The van der Waals surface area contributed by atoms with Gasteiger partial charge in [0.1, 0.15) is 11.7 Å². The van der Waals surface area contributed by atoms with Crippen LogP contribution in [-0.2, 0) is 16.6 Å². The molecule has 8 nitrogen and oxygen atoms in total. The smallest absolute Gasteiger partial charge is 0.261 e. The summed E-state index contributed by atoms with van der Waals surface area (Å²) in [7, 11) is -3.78. The predicted molar refractivity (Wildman–Crippen MR) is 132 cm³/mol. The monoisotopic (exact) mass is 483 g/mol. The molecule has 4 rings (SSSR count). The number of amidine groups is 1. The highest BCUT2D eigenvalue weighted by molar-refractivity contribution is 7.92. The number of sulfonamides is 1. The standard InChI is InChI=1S/C23H21N5O3S.ClH/c1-15-26-21-12-11-18(27-32(30,31)19-5-3-2-4-6-19)13-20(21)23(29)28(15)14-16-7-9-17(10-8-16)22(24)25;/h2-13,27H,14H2,1H3,(H3,24,25);1H. The number of nitrogen functional groups attached to an aromatic ring is 1. The van der Waals surface area contributed by atoms with Crippen LogP contribution >= 0.6 is 12.4 Å². The molecular weight excluding hydrogens is 462 g/mol. The molecule has 3 aromatic carbocycles. The molecule has 0 amide bonds. The Labute approximate surface area is 197 Å². The Bertz CT molecular complexity index is 1480. The molecule has 0 bridgehead atoms. The summed E-state index contributed by atoms with van der Waals surface area (Å²) in [6, 6.07) is 19.8. The number of aryl methyl sites for hydroxylation is 1. The van der Waals surface area contributed by atoms with Crippen LogP contribution in [0.3, 0.4) is 0 Å². The second-order valence-electron chi connectivity index (χ2n) is 7.31. The molecule has 0 saturated heterocycles. The van der Waals surface area contributed by atoms with Crippen molar-refractivity contribution in [1.29, 1.82) is 5.41 Å². The molecule has 0 spiro atoms. The number of aromatic nitrogens is 2. The van der Waals surface area contributed by atoms with Gasteiger partial charge in [0.25, 0.3) is 15.6 Å². The van der Waals surface area contributed by atoms with Gasteiger partial charge in [0.2, 0.25) is 0 Å². The van der Waals surface area contributed by atoms with Gasteiger partial charge in [-0.2, -0.15) is 0 Å². The van der Waals surface area contributed by atoms with Gasteiger partial charge in [-0.05, 0) is 42.8 Å². The van der Waals surface area contributed by atoms with Gasteiger partial charge in [0, 0.05) is 11.3 Å². The van der Waals surface area contributed by atoms with Gasteiger partial charge < -0.3 is 5.73 Å². The zero-order valence-corrected chi connectivity index (χ0v) is 19.3. The zero-order valence-electron chi connectivity index (χ0n) is 17.6. The summed E-state index contributed by atoms with van der Waals surface area (Å²) in [6.07, 6.45) is 0. The highest BCUT2D eigenvalue weighted by Crippen LogP contribution is 2.20. The highest BCUT2D eigenvalue weighted by Gasteiger charge is 2.15. The minimum atomic E-state index is -3.78. The maximum atomic E-state index is 13.2. The van der Waals surface area contributed by atoms with Crippen LogP contribution in [0, 0.1) is 12.3 Å². The summed E-state index contributed by atoms with van der Waals surface area (Å²) in [5, 5.41) is 7.80. The van der Waals surface area contributed by atoms with Gasteiger partial charge in [-0.1, -0.05) is 42.5 Å². The van der Waals surface area contributed by atoms with Gasteiger partial charge in [0.15, 0.2) is 0 Å². The van der Waals surface area contributed by atoms with E-state index in [0.717, 1.165) is 5.56 Å². The lowest BCUT2D eigenvalue weighted by Gasteiger charge is -2.13. The molecule has 0 atom stereocenters. The summed E-state index contributed by atoms with van der Waals surface area (Å²) < 4.78 is 29.3. The Morgan fingerprint density at radius 1 is 1.06 bits per heavy atom. The van der Waals surface area contributed by atoms with Crippen LogP contribution in [0.2, 0.25) is 0 Å². The van der Waals surface area contributed by atoms with E-state index in [1.165, 1.54) is 22.8 Å². The first-order chi connectivity index (χ1) is 15.2. The van der Waals surface area contributed by atoms with Gasteiger partial charge in [-0.25, -0.2) is 13.4 Å². The third kappa shape index (κ3) is 5.05. The fourth-order valence-corrected chi connectivity index (χ4v) is 4.44. The quantitative estimate of drug-likeness (QED) is 0.286. The number of anilines is 1. The molecule has 0 aliphatic heterocycles. The second-order valence-corrected chi connectivity index (χ2v) is 8.99. The molecule has 1 heterocycles. The third-order valence-corrected chi connectivity index (χ3v) is 6.45. The number of halogens is 1. The lowest BCUT2D eigenvalue weighted by molar-refractivity contribution is 0.601. The number of rotatable bonds is 6. The second kappa shape index (κ2) is 9.43. The Hall–Kier alpha value is -3.69. The maximum Gasteiger partial charge on any atom is 0.261 e. The fourth-order valence-electron chi connectivity index (χ4n) is 3.37. The molecule has 1 aromatic heterocycles. The third-order valence-electron chi connectivity index (χ3n) is 5.06. The molecule has 33 heavy (non-hydrogen) atoms. The minimum absolute atomic E-state index is 0. The lowest BCUT2D eigenvalue weighted by atomic mass is 10.1. The Morgan fingerprint density at radius 2 is 1.73 bits per heavy atom. The minimum Gasteiger partial charge on any atom is -0.384 e. The normalized spacial score (nSPS) is 11.1. The molecule has 4 aromatic rings.